The highest BCUT2D eigenvalue weighted by atomic mass is 16.5. The molecule has 8 heteroatoms. The number of nitrogens with one attached hydrogen (secondary N) is 1. The first kappa shape index (κ1) is 14.8. The van der Waals surface area contributed by atoms with Crippen LogP contribution in [-0.2, 0) is 0 Å². The summed E-state index contributed by atoms with van der Waals surface area (Å²) in [7, 11) is 0. The summed E-state index contributed by atoms with van der Waals surface area (Å²) < 4.78 is 10.6. The van der Waals surface area contributed by atoms with Gasteiger partial charge in [0.25, 0.3) is 0 Å². The Bertz CT molecular complexity index is 626. The van der Waals surface area contributed by atoms with Gasteiger partial charge in [-0.15, -0.1) is 0 Å². The highest BCUT2D eigenvalue weighted by molar-refractivity contribution is 5.65. The minimum atomic E-state index is -1.15. The summed E-state index contributed by atoms with van der Waals surface area (Å²) in [6, 6.07) is 2.83. The zero-order valence-corrected chi connectivity index (χ0v) is 11.9. The first-order valence-corrected chi connectivity index (χ1v) is 6.42. The van der Waals surface area contributed by atoms with E-state index in [0.717, 1.165) is 0 Å². The monoisotopic (exact) mass is 292 g/mol. The van der Waals surface area contributed by atoms with Crippen molar-refractivity contribution < 1.29 is 19.2 Å². The van der Waals surface area contributed by atoms with Crippen LogP contribution in [0.1, 0.15) is 32.7 Å². The van der Waals surface area contributed by atoms with Crippen LogP contribution in [0, 0.1) is 0 Å². The summed E-state index contributed by atoms with van der Waals surface area (Å²) in [6.07, 6.45) is 0.439. The van der Waals surface area contributed by atoms with Crippen molar-refractivity contribution >= 4 is 6.09 Å². The molecular weight excluding hydrogens is 276 g/mol. The molecule has 8 nitrogen and oxygen atoms in total. The molecule has 0 unspecified atom stereocenters. The van der Waals surface area contributed by atoms with E-state index in [-0.39, 0.29) is 12.0 Å². The molecule has 0 bridgehead atoms. The summed E-state index contributed by atoms with van der Waals surface area (Å²) in [4.78, 5) is 18.8. The number of nitrogens with zero attached hydrogens (tertiary/aromatic N) is 3. The van der Waals surface area contributed by atoms with Gasteiger partial charge in [-0.1, -0.05) is 5.16 Å². The van der Waals surface area contributed by atoms with E-state index >= 15 is 0 Å². The Labute approximate surface area is 121 Å². The van der Waals surface area contributed by atoms with Crippen LogP contribution in [0.3, 0.4) is 0 Å². The standard InChI is InChI=1S/C13H16N4O4/c1-7(2)20-10-6-9(4-5-14-10)11-16-12(21-17-11)8(3)15-13(18)19/h4-8,15H,1-3H3,(H,18,19)/t8-/m0/s1. The normalized spacial score (nSPS) is 12.2. The zero-order chi connectivity index (χ0) is 15.4. The lowest BCUT2D eigenvalue weighted by Gasteiger charge is -2.08. The molecule has 0 aliphatic rings. The van der Waals surface area contributed by atoms with Gasteiger partial charge in [-0.25, -0.2) is 9.78 Å². The van der Waals surface area contributed by atoms with E-state index in [0.29, 0.717) is 17.3 Å². The molecule has 0 radical (unpaired) electrons. The van der Waals surface area contributed by atoms with Crippen molar-refractivity contribution in [3.63, 3.8) is 0 Å². The van der Waals surface area contributed by atoms with Crippen LogP contribution in [-0.4, -0.2) is 32.4 Å². The predicted octanol–water partition coefficient (Wildman–Crippen LogP) is 2.25. The summed E-state index contributed by atoms with van der Waals surface area (Å²) in [5.74, 6) is 1.00. The minimum Gasteiger partial charge on any atom is -0.475 e. The molecule has 0 saturated heterocycles. The van der Waals surface area contributed by atoms with Gasteiger partial charge in [-0.2, -0.15) is 4.98 Å². The van der Waals surface area contributed by atoms with Gasteiger partial charge in [0.05, 0.1) is 6.10 Å². The van der Waals surface area contributed by atoms with Crippen molar-refractivity contribution in [2.24, 2.45) is 0 Å². The van der Waals surface area contributed by atoms with E-state index in [2.05, 4.69) is 20.4 Å². The topological polar surface area (TPSA) is 110 Å². The average Bonchev–Trinajstić information content (AvgIpc) is 2.87. The fourth-order valence-electron chi connectivity index (χ4n) is 1.63. The van der Waals surface area contributed by atoms with Gasteiger partial charge in [0.1, 0.15) is 6.04 Å². The Morgan fingerprint density at radius 1 is 1.43 bits per heavy atom. The molecule has 1 atom stereocenters. The second-order valence-corrected chi connectivity index (χ2v) is 4.68. The fourth-order valence-corrected chi connectivity index (χ4v) is 1.63. The number of amides is 1. The van der Waals surface area contributed by atoms with Gasteiger partial charge in [-0.3, -0.25) is 0 Å². The van der Waals surface area contributed by atoms with Crippen LogP contribution >= 0.6 is 0 Å². The van der Waals surface area contributed by atoms with E-state index in [1.807, 2.05) is 13.8 Å². The van der Waals surface area contributed by atoms with E-state index in [4.69, 9.17) is 14.4 Å². The molecule has 0 aromatic carbocycles. The van der Waals surface area contributed by atoms with E-state index < -0.39 is 12.1 Å². The molecule has 2 aromatic heterocycles. The zero-order valence-electron chi connectivity index (χ0n) is 11.9. The molecule has 0 aliphatic heterocycles. The number of hydrogen-bond donors (Lipinski definition) is 2. The molecule has 2 N–H and O–H groups in total. The van der Waals surface area contributed by atoms with Crippen molar-refractivity contribution in [3.05, 3.63) is 24.2 Å². The first-order valence-electron chi connectivity index (χ1n) is 6.42. The maximum atomic E-state index is 10.6. The van der Waals surface area contributed by atoms with Crippen molar-refractivity contribution in [2.45, 2.75) is 32.9 Å². The van der Waals surface area contributed by atoms with Crippen LogP contribution in [0.15, 0.2) is 22.9 Å². The first-order chi connectivity index (χ1) is 9.95. The number of pyridine rings is 1. The Morgan fingerprint density at radius 3 is 2.86 bits per heavy atom. The van der Waals surface area contributed by atoms with Crippen molar-refractivity contribution in [1.29, 1.82) is 0 Å². The molecule has 2 aromatic rings. The lowest BCUT2D eigenvalue weighted by molar-refractivity contribution is 0.187. The Balaban J connectivity index is 2.19. The Morgan fingerprint density at radius 2 is 2.19 bits per heavy atom. The van der Waals surface area contributed by atoms with Gasteiger partial charge in [0.2, 0.25) is 17.6 Å². The summed E-state index contributed by atoms with van der Waals surface area (Å²) >= 11 is 0. The van der Waals surface area contributed by atoms with E-state index in [1.54, 1.807) is 25.3 Å². The largest absolute Gasteiger partial charge is 0.475 e. The van der Waals surface area contributed by atoms with Crippen molar-refractivity contribution in [2.75, 3.05) is 0 Å². The molecule has 112 valence electrons. The summed E-state index contributed by atoms with van der Waals surface area (Å²) in [5.41, 5.74) is 0.679. The maximum absolute atomic E-state index is 10.6. The molecule has 1 amide bonds. The number of ether oxygens (including phenoxy) is 1. The van der Waals surface area contributed by atoms with Gasteiger partial charge in [0.15, 0.2) is 0 Å². The molecule has 21 heavy (non-hydrogen) atoms. The molecule has 0 saturated carbocycles. The fraction of sp³-hybridized carbons (Fsp3) is 0.385. The highest BCUT2D eigenvalue weighted by Gasteiger charge is 2.17. The van der Waals surface area contributed by atoms with Crippen molar-refractivity contribution in [1.82, 2.24) is 20.4 Å². The van der Waals surface area contributed by atoms with E-state index in [9.17, 15) is 4.79 Å². The highest BCUT2D eigenvalue weighted by Crippen LogP contribution is 2.21. The third-order valence-corrected chi connectivity index (χ3v) is 2.50. The molecule has 2 heterocycles. The molecule has 0 spiro atoms. The Hall–Kier alpha value is -2.64. The van der Waals surface area contributed by atoms with Crippen LogP contribution in [0.4, 0.5) is 4.79 Å². The third kappa shape index (κ3) is 3.91. The molecule has 0 fully saturated rings. The number of hydrogen-bond acceptors (Lipinski definition) is 6. The van der Waals surface area contributed by atoms with Crippen LogP contribution in [0.5, 0.6) is 5.88 Å². The van der Waals surface area contributed by atoms with Crippen LogP contribution < -0.4 is 10.1 Å². The number of rotatable bonds is 5. The lowest BCUT2D eigenvalue weighted by Crippen LogP contribution is -2.24. The minimum absolute atomic E-state index is 0.00775. The van der Waals surface area contributed by atoms with Crippen molar-refractivity contribution in [3.8, 4) is 17.3 Å². The Kier molecular flexibility index (Phi) is 4.36. The molecule has 2 rings (SSSR count). The van der Waals surface area contributed by atoms with Crippen LogP contribution in [0.25, 0.3) is 11.4 Å². The van der Waals surface area contributed by atoms with E-state index in [1.165, 1.54) is 0 Å². The van der Waals surface area contributed by atoms with Crippen LogP contribution in [0.2, 0.25) is 0 Å². The number of aromatic nitrogens is 3. The second kappa shape index (κ2) is 6.21. The quantitative estimate of drug-likeness (QED) is 0.869. The SMILES string of the molecule is CC(C)Oc1cc(-c2noc([C@H](C)NC(=O)O)n2)ccn1. The summed E-state index contributed by atoms with van der Waals surface area (Å²) in [5, 5.41) is 14.7. The van der Waals surface area contributed by atoms with Gasteiger partial charge in [0, 0.05) is 17.8 Å². The average molecular weight is 292 g/mol. The number of carbonyl (C=O) groups is 1. The second-order valence-electron chi connectivity index (χ2n) is 4.68. The smallest absolute Gasteiger partial charge is 0.405 e. The predicted molar refractivity (Wildman–Crippen MR) is 72.9 cm³/mol. The summed E-state index contributed by atoms with van der Waals surface area (Å²) in [6.45, 7) is 5.42. The van der Waals surface area contributed by atoms with Gasteiger partial charge in [-0.05, 0) is 26.8 Å². The maximum Gasteiger partial charge on any atom is 0.405 e. The molecular formula is C13H16N4O4. The molecule has 0 aliphatic carbocycles. The lowest BCUT2D eigenvalue weighted by atomic mass is 10.2. The third-order valence-electron chi connectivity index (χ3n) is 2.50. The van der Waals surface area contributed by atoms with Gasteiger partial charge >= 0.3 is 6.09 Å². The number of carboxylic acid groups (broad SMARTS) is 1. The van der Waals surface area contributed by atoms with Gasteiger partial charge < -0.3 is 19.7 Å².